The molecule has 1 aliphatic heterocycles. The number of nitrogens with one attached hydrogen (secondary N) is 1. The summed E-state index contributed by atoms with van der Waals surface area (Å²) in [4.78, 5) is 19.0. The Morgan fingerprint density at radius 2 is 2.27 bits per heavy atom. The van der Waals surface area contributed by atoms with Crippen molar-refractivity contribution in [3.63, 3.8) is 0 Å². The number of rotatable bonds is 4. The van der Waals surface area contributed by atoms with Crippen molar-refractivity contribution in [3.8, 4) is 0 Å². The number of fused-ring (bicyclic) bond motifs is 1. The van der Waals surface area contributed by atoms with Crippen molar-refractivity contribution >= 4 is 11.6 Å². The van der Waals surface area contributed by atoms with Crippen LogP contribution in [0, 0.1) is 0 Å². The highest BCUT2D eigenvalue weighted by Crippen LogP contribution is 2.16. The minimum atomic E-state index is -0.339. The molecule has 0 unspecified atom stereocenters. The Balaban J connectivity index is 1.94. The fraction of sp³-hybridized carbons (Fsp3) is 0.500. The number of hydrogen-bond acceptors (Lipinski definition) is 5. The smallest absolute Gasteiger partial charge is 0.358 e. The molecule has 0 saturated carbocycles. The largest absolute Gasteiger partial charge is 0.461 e. The lowest BCUT2D eigenvalue weighted by Gasteiger charge is -2.19. The SMILES string of the molecule is CCOC(=O)c1nc2ccccn2c1CN1CCCNCC1. The number of imidazole rings is 1. The van der Waals surface area contributed by atoms with Crippen molar-refractivity contribution in [1.29, 1.82) is 0 Å². The van der Waals surface area contributed by atoms with E-state index in [0.717, 1.165) is 43.9 Å². The molecule has 118 valence electrons. The summed E-state index contributed by atoms with van der Waals surface area (Å²) < 4.78 is 7.16. The van der Waals surface area contributed by atoms with Gasteiger partial charge in [0.25, 0.3) is 0 Å². The van der Waals surface area contributed by atoms with Crippen LogP contribution in [-0.2, 0) is 11.3 Å². The van der Waals surface area contributed by atoms with Crippen LogP contribution in [0.2, 0.25) is 0 Å². The maximum Gasteiger partial charge on any atom is 0.358 e. The number of carbonyl (C=O) groups excluding carboxylic acids is 1. The van der Waals surface area contributed by atoms with E-state index >= 15 is 0 Å². The van der Waals surface area contributed by atoms with E-state index in [-0.39, 0.29) is 5.97 Å². The number of pyridine rings is 1. The summed E-state index contributed by atoms with van der Waals surface area (Å²) in [5.41, 5.74) is 2.13. The fourth-order valence-corrected chi connectivity index (χ4v) is 2.83. The molecule has 1 fully saturated rings. The summed E-state index contributed by atoms with van der Waals surface area (Å²) in [5.74, 6) is -0.339. The standard InChI is InChI=1S/C16H22N4O2/c1-2-22-16(21)15-13(12-19-9-5-7-17-8-11-19)20-10-4-3-6-14(20)18-15/h3-4,6,10,17H,2,5,7-9,11-12H2,1H3. The molecule has 0 atom stereocenters. The third kappa shape index (κ3) is 3.13. The molecule has 22 heavy (non-hydrogen) atoms. The average Bonchev–Trinajstić information content (AvgIpc) is 2.70. The molecule has 0 radical (unpaired) electrons. The monoisotopic (exact) mass is 302 g/mol. The van der Waals surface area contributed by atoms with Crippen LogP contribution < -0.4 is 5.32 Å². The Hall–Kier alpha value is -1.92. The lowest BCUT2D eigenvalue weighted by molar-refractivity contribution is 0.0517. The molecule has 0 aromatic carbocycles. The quantitative estimate of drug-likeness (QED) is 0.863. The zero-order valence-electron chi connectivity index (χ0n) is 12.9. The second-order valence-corrected chi connectivity index (χ2v) is 5.44. The van der Waals surface area contributed by atoms with Crippen LogP contribution in [-0.4, -0.2) is 53.0 Å². The van der Waals surface area contributed by atoms with Crippen molar-refractivity contribution in [2.75, 3.05) is 32.8 Å². The van der Waals surface area contributed by atoms with Crippen LogP contribution in [0.4, 0.5) is 0 Å². The van der Waals surface area contributed by atoms with Crippen molar-refractivity contribution in [2.24, 2.45) is 0 Å². The minimum Gasteiger partial charge on any atom is -0.461 e. The highest BCUT2D eigenvalue weighted by atomic mass is 16.5. The summed E-state index contributed by atoms with van der Waals surface area (Å²) >= 11 is 0. The van der Waals surface area contributed by atoms with Crippen LogP contribution >= 0.6 is 0 Å². The van der Waals surface area contributed by atoms with Gasteiger partial charge >= 0.3 is 5.97 Å². The van der Waals surface area contributed by atoms with E-state index in [2.05, 4.69) is 15.2 Å². The van der Waals surface area contributed by atoms with Gasteiger partial charge in [-0.2, -0.15) is 0 Å². The van der Waals surface area contributed by atoms with Gasteiger partial charge in [0.05, 0.1) is 12.3 Å². The first-order valence-electron chi connectivity index (χ1n) is 7.85. The second-order valence-electron chi connectivity index (χ2n) is 5.44. The van der Waals surface area contributed by atoms with Gasteiger partial charge in [0.15, 0.2) is 5.69 Å². The Morgan fingerprint density at radius 3 is 3.14 bits per heavy atom. The van der Waals surface area contributed by atoms with Gasteiger partial charge in [0, 0.05) is 25.8 Å². The van der Waals surface area contributed by atoms with Gasteiger partial charge in [0.2, 0.25) is 0 Å². The van der Waals surface area contributed by atoms with E-state index in [9.17, 15) is 4.79 Å². The third-order valence-corrected chi connectivity index (χ3v) is 3.90. The summed E-state index contributed by atoms with van der Waals surface area (Å²) in [6.07, 6.45) is 3.07. The van der Waals surface area contributed by atoms with Crippen molar-refractivity contribution in [1.82, 2.24) is 19.6 Å². The molecule has 3 heterocycles. The van der Waals surface area contributed by atoms with Gasteiger partial charge in [-0.15, -0.1) is 0 Å². The summed E-state index contributed by atoms with van der Waals surface area (Å²) in [6.45, 7) is 6.91. The number of esters is 1. The molecule has 3 rings (SSSR count). The van der Waals surface area contributed by atoms with Crippen LogP contribution in [0.15, 0.2) is 24.4 Å². The topological polar surface area (TPSA) is 58.9 Å². The number of hydrogen-bond donors (Lipinski definition) is 1. The zero-order chi connectivity index (χ0) is 15.4. The van der Waals surface area contributed by atoms with Crippen molar-refractivity contribution < 1.29 is 9.53 Å². The Morgan fingerprint density at radius 1 is 1.36 bits per heavy atom. The predicted molar refractivity (Wildman–Crippen MR) is 83.9 cm³/mol. The average molecular weight is 302 g/mol. The van der Waals surface area contributed by atoms with Crippen LogP contribution in [0.3, 0.4) is 0 Å². The summed E-state index contributed by atoms with van der Waals surface area (Å²) in [5, 5.41) is 3.40. The van der Waals surface area contributed by atoms with E-state index in [1.165, 1.54) is 0 Å². The molecule has 0 spiro atoms. The molecule has 0 bridgehead atoms. The fourth-order valence-electron chi connectivity index (χ4n) is 2.83. The van der Waals surface area contributed by atoms with Crippen LogP contribution in [0.5, 0.6) is 0 Å². The van der Waals surface area contributed by atoms with Gasteiger partial charge in [-0.1, -0.05) is 6.07 Å². The van der Waals surface area contributed by atoms with E-state index < -0.39 is 0 Å². The van der Waals surface area contributed by atoms with Gasteiger partial charge in [-0.05, 0) is 38.6 Å². The molecule has 0 aliphatic carbocycles. The van der Waals surface area contributed by atoms with Crippen LogP contribution in [0.25, 0.3) is 5.65 Å². The van der Waals surface area contributed by atoms with E-state index in [4.69, 9.17) is 4.74 Å². The molecule has 2 aromatic rings. The predicted octanol–water partition coefficient (Wildman–Crippen LogP) is 1.31. The third-order valence-electron chi connectivity index (χ3n) is 3.90. The second kappa shape index (κ2) is 6.89. The van der Waals surface area contributed by atoms with Gasteiger partial charge < -0.3 is 14.5 Å². The normalized spacial score (nSPS) is 16.6. The first kappa shape index (κ1) is 15.0. The Labute approximate surface area is 130 Å². The van der Waals surface area contributed by atoms with E-state index in [1.807, 2.05) is 35.7 Å². The summed E-state index contributed by atoms with van der Waals surface area (Å²) in [6, 6.07) is 5.80. The van der Waals surface area contributed by atoms with Gasteiger partial charge in [-0.25, -0.2) is 9.78 Å². The first-order chi connectivity index (χ1) is 10.8. The number of ether oxygens (including phenoxy) is 1. The lowest BCUT2D eigenvalue weighted by atomic mass is 10.2. The van der Waals surface area contributed by atoms with E-state index in [1.54, 1.807) is 0 Å². The Bertz CT molecular complexity index is 645. The van der Waals surface area contributed by atoms with E-state index in [0.29, 0.717) is 18.8 Å². The van der Waals surface area contributed by atoms with Gasteiger partial charge in [0.1, 0.15) is 5.65 Å². The van der Waals surface area contributed by atoms with Gasteiger partial charge in [-0.3, -0.25) is 4.90 Å². The lowest BCUT2D eigenvalue weighted by Crippen LogP contribution is -2.29. The van der Waals surface area contributed by atoms with Crippen molar-refractivity contribution in [2.45, 2.75) is 19.9 Å². The number of aromatic nitrogens is 2. The van der Waals surface area contributed by atoms with Crippen molar-refractivity contribution in [3.05, 3.63) is 35.8 Å². The summed E-state index contributed by atoms with van der Waals surface area (Å²) in [7, 11) is 0. The zero-order valence-corrected chi connectivity index (χ0v) is 12.9. The number of nitrogens with zero attached hydrogens (tertiary/aromatic N) is 3. The maximum atomic E-state index is 12.2. The molecular weight excluding hydrogens is 280 g/mol. The Kier molecular flexibility index (Phi) is 4.70. The molecule has 1 aliphatic rings. The molecular formula is C16H22N4O2. The minimum absolute atomic E-state index is 0.339. The maximum absolute atomic E-state index is 12.2. The number of carbonyl (C=O) groups is 1. The molecule has 1 N–H and O–H groups in total. The molecule has 6 heteroatoms. The molecule has 2 aromatic heterocycles. The highest BCUT2D eigenvalue weighted by Gasteiger charge is 2.22. The molecule has 0 amide bonds. The first-order valence-corrected chi connectivity index (χ1v) is 7.85. The molecule has 1 saturated heterocycles. The molecule has 6 nitrogen and oxygen atoms in total. The van der Waals surface area contributed by atoms with Crippen LogP contribution in [0.1, 0.15) is 29.5 Å². The highest BCUT2D eigenvalue weighted by molar-refractivity contribution is 5.89.